The van der Waals surface area contributed by atoms with Gasteiger partial charge < -0.3 is 24.6 Å². The number of hydrogen-bond donors (Lipinski definition) is 2. The van der Waals surface area contributed by atoms with Crippen LogP contribution in [0.4, 0.5) is 9.59 Å². The molecule has 4 aromatic rings. The number of carbonyl (C=O) groups is 4. The molecule has 0 radical (unpaired) electrons. The number of nitrogens with zero attached hydrogens (tertiary/aromatic N) is 1. The van der Waals surface area contributed by atoms with Gasteiger partial charge in [-0.15, -0.1) is 0 Å². The number of aromatic nitrogens is 1. The van der Waals surface area contributed by atoms with Gasteiger partial charge in [-0.1, -0.05) is 66.7 Å². The average Bonchev–Trinajstić information content (AvgIpc) is 3.49. The van der Waals surface area contributed by atoms with E-state index < -0.39 is 42.4 Å². The van der Waals surface area contributed by atoms with Crippen LogP contribution in [-0.4, -0.2) is 58.7 Å². The van der Waals surface area contributed by atoms with Crippen molar-refractivity contribution in [2.45, 2.75) is 44.8 Å². The first kappa shape index (κ1) is 29.4. The highest BCUT2D eigenvalue weighted by atomic mass is 16.6. The molecule has 10 nitrogen and oxygen atoms in total. The predicted octanol–water partition coefficient (Wildman–Crippen LogP) is 5.50. The summed E-state index contributed by atoms with van der Waals surface area (Å²) >= 11 is 0. The summed E-state index contributed by atoms with van der Waals surface area (Å²) in [5.74, 6) is -1.83. The van der Waals surface area contributed by atoms with E-state index in [0.29, 0.717) is 16.5 Å². The summed E-state index contributed by atoms with van der Waals surface area (Å²) in [7, 11) is 0. The van der Waals surface area contributed by atoms with Gasteiger partial charge in [-0.2, -0.15) is 0 Å². The van der Waals surface area contributed by atoms with Crippen LogP contribution in [0.5, 0.6) is 0 Å². The van der Waals surface area contributed by atoms with Crippen molar-refractivity contribution in [1.29, 1.82) is 0 Å². The lowest BCUT2D eigenvalue weighted by atomic mass is 9.98. The molecule has 1 aromatic heterocycles. The van der Waals surface area contributed by atoms with E-state index in [9.17, 15) is 24.3 Å². The lowest BCUT2D eigenvalue weighted by Gasteiger charge is -2.21. The van der Waals surface area contributed by atoms with Crippen LogP contribution >= 0.6 is 0 Å². The summed E-state index contributed by atoms with van der Waals surface area (Å²) in [6, 6.07) is 21.3. The third kappa shape index (κ3) is 6.53. The van der Waals surface area contributed by atoms with Gasteiger partial charge in [0.15, 0.2) is 6.61 Å². The summed E-state index contributed by atoms with van der Waals surface area (Å²) in [5, 5.41) is 12.8. The van der Waals surface area contributed by atoms with Crippen LogP contribution in [0.15, 0.2) is 79.0 Å². The molecular weight excluding hydrogens is 552 g/mol. The van der Waals surface area contributed by atoms with Gasteiger partial charge in [0.1, 0.15) is 18.2 Å². The highest BCUT2D eigenvalue weighted by Crippen LogP contribution is 2.44. The normalized spacial score (nSPS) is 13.1. The standard InChI is InChI=1S/C33H32N2O8/c1-33(2,3)43-29(36)19-41-30(37)27(16-20-17-35(32(39)40)28-15-9-8-10-21(20)28)34-31(38)42-18-26-24-13-6-4-11-22(24)23-12-5-7-14-25(23)26/h4-15,17,26-27H,16,18-19H2,1-3H3,(H,34,38)(H,39,40). The summed E-state index contributed by atoms with van der Waals surface area (Å²) in [5.41, 5.74) is 4.35. The lowest BCUT2D eigenvalue weighted by molar-refractivity contribution is -0.167. The number of carbonyl (C=O) groups excluding carboxylic acids is 3. The molecule has 2 N–H and O–H groups in total. The molecule has 1 aliphatic rings. The van der Waals surface area contributed by atoms with E-state index in [-0.39, 0.29) is 18.9 Å². The maximum absolute atomic E-state index is 13.2. The van der Waals surface area contributed by atoms with E-state index in [1.807, 2.05) is 48.5 Å². The van der Waals surface area contributed by atoms with Crippen LogP contribution in [-0.2, 0) is 30.2 Å². The molecule has 10 heteroatoms. The Morgan fingerprint density at radius 1 is 0.884 bits per heavy atom. The summed E-state index contributed by atoms with van der Waals surface area (Å²) in [6.07, 6.45) is -0.780. The van der Waals surface area contributed by atoms with Crippen molar-refractivity contribution in [3.05, 3.63) is 95.7 Å². The van der Waals surface area contributed by atoms with Crippen LogP contribution in [0.2, 0.25) is 0 Å². The molecule has 3 aromatic carbocycles. The first-order valence-electron chi connectivity index (χ1n) is 13.8. The van der Waals surface area contributed by atoms with Crippen molar-refractivity contribution in [2.24, 2.45) is 0 Å². The zero-order valence-electron chi connectivity index (χ0n) is 24.0. The number of rotatable bonds is 8. The van der Waals surface area contributed by atoms with Crippen LogP contribution in [0.3, 0.4) is 0 Å². The largest absolute Gasteiger partial charge is 0.464 e. The minimum Gasteiger partial charge on any atom is -0.464 e. The summed E-state index contributed by atoms with van der Waals surface area (Å²) in [6.45, 7) is 4.43. The van der Waals surface area contributed by atoms with Crippen molar-refractivity contribution < 1.29 is 38.5 Å². The van der Waals surface area contributed by atoms with Crippen molar-refractivity contribution in [3.8, 4) is 11.1 Å². The van der Waals surface area contributed by atoms with E-state index >= 15 is 0 Å². The zero-order valence-corrected chi connectivity index (χ0v) is 24.0. The van der Waals surface area contributed by atoms with E-state index in [0.717, 1.165) is 26.8 Å². The van der Waals surface area contributed by atoms with Gasteiger partial charge in [0, 0.05) is 23.9 Å². The smallest absolute Gasteiger partial charge is 0.416 e. The van der Waals surface area contributed by atoms with Gasteiger partial charge in [0.25, 0.3) is 0 Å². The quantitative estimate of drug-likeness (QED) is 0.205. The summed E-state index contributed by atoms with van der Waals surface area (Å²) < 4.78 is 17.1. The van der Waals surface area contributed by atoms with Gasteiger partial charge in [0.05, 0.1) is 5.52 Å². The second-order valence-corrected chi connectivity index (χ2v) is 11.2. The fraction of sp³-hybridized carbons (Fsp3) is 0.273. The number of hydrogen-bond acceptors (Lipinski definition) is 7. The molecule has 0 spiro atoms. The Labute approximate surface area is 248 Å². The minimum atomic E-state index is -1.29. The van der Waals surface area contributed by atoms with Crippen molar-refractivity contribution >= 4 is 35.0 Å². The van der Waals surface area contributed by atoms with Crippen LogP contribution in [0, 0.1) is 0 Å². The van der Waals surface area contributed by atoms with Crippen LogP contribution in [0.1, 0.15) is 43.4 Å². The Morgan fingerprint density at radius 3 is 2.12 bits per heavy atom. The van der Waals surface area contributed by atoms with Gasteiger partial charge >= 0.3 is 24.1 Å². The molecule has 1 aliphatic carbocycles. The predicted molar refractivity (Wildman–Crippen MR) is 158 cm³/mol. The second kappa shape index (κ2) is 12.0. The number of ether oxygens (including phenoxy) is 3. The first-order valence-corrected chi connectivity index (χ1v) is 13.8. The molecule has 0 bridgehead atoms. The fourth-order valence-corrected chi connectivity index (χ4v) is 5.37. The van der Waals surface area contributed by atoms with E-state index in [2.05, 4.69) is 5.32 Å². The summed E-state index contributed by atoms with van der Waals surface area (Å²) in [4.78, 5) is 50.3. The van der Waals surface area contributed by atoms with Gasteiger partial charge in [0.2, 0.25) is 0 Å². The number of amides is 1. The van der Waals surface area contributed by atoms with Gasteiger partial charge in [-0.3, -0.25) is 4.57 Å². The molecule has 43 heavy (non-hydrogen) atoms. The molecule has 0 aliphatic heterocycles. The van der Waals surface area contributed by atoms with E-state index in [1.54, 1.807) is 45.0 Å². The van der Waals surface area contributed by atoms with Crippen molar-refractivity contribution in [3.63, 3.8) is 0 Å². The van der Waals surface area contributed by atoms with Gasteiger partial charge in [-0.25, -0.2) is 19.2 Å². The Kier molecular flexibility index (Phi) is 8.20. The Hall–Kier alpha value is -5.12. The Morgan fingerprint density at radius 2 is 1.49 bits per heavy atom. The maximum Gasteiger partial charge on any atom is 0.416 e. The second-order valence-electron chi connectivity index (χ2n) is 11.2. The number of benzene rings is 3. The number of carboxylic acid groups (broad SMARTS) is 1. The topological polar surface area (TPSA) is 133 Å². The minimum absolute atomic E-state index is 0.0257. The highest BCUT2D eigenvalue weighted by molar-refractivity contribution is 5.92. The van der Waals surface area contributed by atoms with Crippen LogP contribution in [0.25, 0.3) is 22.0 Å². The van der Waals surface area contributed by atoms with Crippen molar-refractivity contribution in [1.82, 2.24) is 9.88 Å². The maximum atomic E-state index is 13.2. The zero-order chi connectivity index (χ0) is 30.7. The molecule has 0 fully saturated rings. The molecule has 5 rings (SSSR count). The molecule has 1 heterocycles. The molecule has 1 unspecified atom stereocenters. The number of para-hydroxylation sites is 1. The van der Waals surface area contributed by atoms with Crippen LogP contribution < -0.4 is 5.32 Å². The Bertz CT molecular complexity index is 1660. The molecular formula is C33H32N2O8. The molecule has 1 amide bonds. The number of nitrogens with one attached hydrogen (secondary N) is 1. The monoisotopic (exact) mass is 584 g/mol. The molecule has 0 saturated carbocycles. The van der Waals surface area contributed by atoms with E-state index in [4.69, 9.17) is 14.2 Å². The van der Waals surface area contributed by atoms with Crippen molar-refractivity contribution in [2.75, 3.05) is 13.2 Å². The fourth-order valence-electron chi connectivity index (χ4n) is 5.37. The molecule has 0 saturated heterocycles. The Balaban J connectivity index is 1.34. The number of alkyl carbamates (subject to hydrolysis) is 1. The third-order valence-corrected chi connectivity index (χ3v) is 7.10. The number of esters is 2. The highest BCUT2D eigenvalue weighted by Gasteiger charge is 2.31. The van der Waals surface area contributed by atoms with Gasteiger partial charge in [-0.05, 0) is 54.7 Å². The number of fused-ring (bicyclic) bond motifs is 4. The molecule has 1 atom stereocenters. The van der Waals surface area contributed by atoms with E-state index in [1.165, 1.54) is 6.20 Å². The lowest BCUT2D eigenvalue weighted by Crippen LogP contribution is -2.44. The average molecular weight is 585 g/mol. The third-order valence-electron chi connectivity index (χ3n) is 7.10. The SMILES string of the molecule is CC(C)(C)OC(=O)COC(=O)C(Cc1cn(C(=O)O)c2ccccc12)NC(=O)OCC1c2ccccc2-c2ccccc21. The first-order chi connectivity index (χ1) is 20.5. The molecule has 222 valence electrons.